The number of carbonyl (C=O) groups excluding carboxylic acids is 2. The largest absolute Gasteiger partial charge is 0.326 e. The van der Waals surface area contributed by atoms with Crippen LogP contribution >= 0.6 is 23.2 Å². The molecule has 2 amide bonds. The van der Waals surface area contributed by atoms with Crippen LogP contribution in [-0.2, 0) is 11.2 Å². The molecule has 0 aliphatic rings. The summed E-state index contributed by atoms with van der Waals surface area (Å²) in [5, 5.41) is 6.33. The van der Waals surface area contributed by atoms with Gasteiger partial charge in [-0.25, -0.2) is 0 Å². The fourth-order valence-electron chi connectivity index (χ4n) is 2.49. The summed E-state index contributed by atoms with van der Waals surface area (Å²) in [7, 11) is 0. The van der Waals surface area contributed by atoms with Gasteiger partial charge in [0.05, 0.1) is 17.0 Å². The smallest absolute Gasteiger partial charge is 0.257 e. The van der Waals surface area contributed by atoms with Gasteiger partial charge in [-0.1, -0.05) is 53.5 Å². The van der Waals surface area contributed by atoms with E-state index in [1.165, 1.54) is 6.07 Å². The second-order valence-electron chi connectivity index (χ2n) is 5.87. The van der Waals surface area contributed by atoms with Crippen LogP contribution in [0.25, 0.3) is 0 Å². The van der Waals surface area contributed by atoms with E-state index in [1.54, 1.807) is 36.4 Å². The Hall–Kier alpha value is -2.82. The van der Waals surface area contributed by atoms with Crippen LogP contribution in [0, 0.1) is 0 Å². The van der Waals surface area contributed by atoms with E-state index in [2.05, 4.69) is 10.6 Å². The molecule has 0 spiro atoms. The molecule has 3 aromatic rings. The van der Waals surface area contributed by atoms with Crippen molar-refractivity contribution in [3.8, 4) is 0 Å². The van der Waals surface area contributed by atoms with E-state index in [0.717, 1.165) is 5.56 Å². The Morgan fingerprint density at radius 1 is 0.778 bits per heavy atom. The number of hydrogen-bond acceptors (Lipinski definition) is 2. The molecular formula is C21H16Cl2N2O2. The molecule has 4 nitrogen and oxygen atoms in total. The predicted octanol–water partition coefficient (Wildman–Crippen LogP) is 5.43. The lowest BCUT2D eigenvalue weighted by atomic mass is 10.1. The normalized spacial score (nSPS) is 10.3. The topological polar surface area (TPSA) is 58.2 Å². The average Bonchev–Trinajstić information content (AvgIpc) is 2.66. The first-order valence-corrected chi connectivity index (χ1v) is 8.97. The van der Waals surface area contributed by atoms with Crippen LogP contribution in [-0.4, -0.2) is 11.8 Å². The number of rotatable bonds is 5. The molecule has 0 heterocycles. The molecule has 6 heteroatoms. The first kappa shape index (κ1) is 19.0. The highest BCUT2D eigenvalue weighted by Gasteiger charge is 2.11. The van der Waals surface area contributed by atoms with Gasteiger partial charge in [-0.2, -0.15) is 0 Å². The standard InChI is InChI=1S/C21H16Cl2N2O2/c22-15-6-11-19(23)18(13-15)21(27)25-17-9-7-16(8-10-17)24-20(26)12-14-4-2-1-3-5-14/h1-11,13H,12H2,(H,24,26)(H,25,27). The van der Waals surface area contributed by atoms with Crippen LogP contribution in [0.5, 0.6) is 0 Å². The van der Waals surface area contributed by atoms with Gasteiger partial charge in [-0.15, -0.1) is 0 Å². The number of anilines is 2. The van der Waals surface area contributed by atoms with E-state index >= 15 is 0 Å². The summed E-state index contributed by atoms with van der Waals surface area (Å²) >= 11 is 12.0. The van der Waals surface area contributed by atoms with Gasteiger partial charge in [-0.3, -0.25) is 9.59 Å². The molecule has 27 heavy (non-hydrogen) atoms. The minimum absolute atomic E-state index is 0.108. The Kier molecular flexibility index (Phi) is 6.12. The summed E-state index contributed by atoms with van der Waals surface area (Å²) in [4.78, 5) is 24.4. The van der Waals surface area contributed by atoms with Crippen molar-refractivity contribution in [1.29, 1.82) is 0 Å². The third-order valence-electron chi connectivity index (χ3n) is 3.81. The molecule has 3 aromatic carbocycles. The second-order valence-corrected chi connectivity index (χ2v) is 6.71. The zero-order chi connectivity index (χ0) is 19.2. The summed E-state index contributed by atoms with van der Waals surface area (Å²) in [6.07, 6.45) is 0.298. The van der Waals surface area contributed by atoms with Gasteiger partial charge in [-0.05, 0) is 48.0 Å². The number of hydrogen-bond donors (Lipinski definition) is 2. The first-order chi connectivity index (χ1) is 13.0. The fraction of sp³-hybridized carbons (Fsp3) is 0.0476. The first-order valence-electron chi connectivity index (χ1n) is 8.21. The molecule has 3 rings (SSSR count). The molecule has 2 N–H and O–H groups in total. The Morgan fingerprint density at radius 3 is 2.07 bits per heavy atom. The predicted molar refractivity (Wildman–Crippen MR) is 110 cm³/mol. The molecule has 0 aromatic heterocycles. The van der Waals surface area contributed by atoms with Crippen LogP contribution in [0.4, 0.5) is 11.4 Å². The molecule has 0 saturated carbocycles. The molecule has 0 bridgehead atoms. The molecule has 0 fully saturated rings. The highest BCUT2D eigenvalue weighted by atomic mass is 35.5. The molecule has 0 saturated heterocycles. The highest BCUT2D eigenvalue weighted by molar-refractivity contribution is 6.36. The van der Waals surface area contributed by atoms with Gasteiger partial charge in [0.15, 0.2) is 0 Å². The second kappa shape index (κ2) is 8.71. The zero-order valence-electron chi connectivity index (χ0n) is 14.2. The number of carbonyl (C=O) groups is 2. The van der Waals surface area contributed by atoms with Crippen molar-refractivity contribution in [2.45, 2.75) is 6.42 Å². The third-order valence-corrected chi connectivity index (χ3v) is 4.37. The van der Waals surface area contributed by atoms with Crippen LogP contribution < -0.4 is 10.6 Å². The Bertz CT molecular complexity index is 958. The van der Waals surface area contributed by atoms with Gasteiger partial charge in [0.25, 0.3) is 5.91 Å². The van der Waals surface area contributed by atoms with Crippen molar-refractivity contribution in [1.82, 2.24) is 0 Å². The van der Waals surface area contributed by atoms with Crippen LogP contribution in [0.1, 0.15) is 15.9 Å². The van der Waals surface area contributed by atoms with Crippen molar-refractivity contribution >= 4 is 46.4 Å². The molecule has 0 atom stereocenters. The van der Waals surface area contributed by atoms with E-state index < -0.39 is 0 Å². The van der Waals surface area contributed by atoms with Gasteiger partial charge >= 0.3 is 0 Å². The number of amides is 2. The van der Waals surface area contributed by atoms with Crippen molar-refractivity contribution < 1.29 is 9.59 Å². The lowest BCUT2D eigenvalue weighted by Gasteiger charge is -2.09. The van der Waals surface area contributed by atoms with Gasteiger partial charge in [0.1, 0.15) is 0 Å². The maximum Gasteiger partial charge on any atom is 0.257 e. The molecular weight excluding hydrogens is 383 g/mol. The van der Waals surface area contributed by atoms with E-state index in [1.807, 2.05) is 30.3 Å². The molecule has 0 unspecified atom stereocenters. The van der Waals surface area contributed by atoms with Crippen LogP contribution in [0.2, 0.25) is 10.0 Å². The number of nitrogens with one attached hydrogen (secondary N) is 2. The maximum atomic E-state index is 12.3. The van der Waals surface area contributed by atoms with Crippen molar-refractivity contribution in [2.24, 2.45) is 0 Å². The van der Waals surface area contributed by atoms with E-state index in [0.29, 0.717) is 33.4 Å². The quantitative estimate of drug-likeness (QED) is 0.601. The maximum absolute atomic E-state index is 12.3. The minimum atomic E-state index is -0.358. The Morgan fingerprint density at radius 2 is 1.41 bits per heavy atom. The minimum Gasteiger partial charge on any atom is -0.326 e. The summed E-state index contributed by atoms with van der Waals surface area (Å²) in [5.41, 5.74) is 2.47. The monoisotopic (exact) mass is 398 g/mol. The number of benzene rings is 3. The lowest BCUT2D eigenvalue weighted by molar-refractivity contribution is -0.115. The lowest BCUT2D eigenvalue weighted by Crippen LogP contribution is -2.15. The average molecular weight is 399 g/mol. The van der Waals surface area contributed by atoms with E-state index in [4.69, 9.17) is 23.2 Å². The highest BCUT2D eigenvalue weighted by Crippen LogP contribution is 2.22. The van der Waals surface area contributed by atoms with Crippen LogP contribution in [0.15, 0.2) is 72.8 Å². The summed E-state index contributed by atoms with van der Waals surface area (Å²) in [6.45, 7) is 0. The van der Waals surface area contributed by atoms with Gasteiger partial charge < -0.3 is 10.6 Å². The van der Waals surface area contributed by atoms with Crippen LogP contribution in [0.3, 0.4) is 0 Å². The summed E-state index contributed by atoms with van der Waals surface area (Å²) in [6, 6.07) is 21.1. The van der Waals surface area contributed by atoms with Gasteiger partial charge in [0, 0.05) is 16.4 Å². The van der Waals surface area contributed by atoms with E-state index in [9.17, 15) is 9.59 Å². The SMILES string of the molecule is O=C(Cc1ccccc1)Nc1ccc(NC(=O)c2cc(Cl)ccc2Cl)cc1. The summed E-state index contributed by atoms with van der Waals surface area (Å²) < 4.78 is 0. The molecule has 136 valence electrons. The molecule has 0 aliphatic heterocycles. The van der Waals surface area contributed by atoms with Crippen molar-refractivity contribution in [3.05, 3.63) is 94.0 Å². The van der Waals surface area contributed by atoms with Crippen molar-refractivity contribution in [3.63, 3.8) is 0 Å². The Labute approximate surface area is 167 Å². The molecule has 0 aliphatic carbocycles. The zero-order valence-corrected chi connectivity index (χ0v) is 15.7. The fourth-order valence-corrected chi connectivity index (χ4v) is 2.87. The third kappa shape index (κ3) is 5.33. The Balaban J connectivity index is 1.61. The van der Waals surface area contributed by atoms with E-state index in [-0.39, 0.29) is 11.8 Å². The van der Waals surface area contributed by atoms with Gasteiger partial charge in [0.2, 0.25) is 5.91 Å². The van der Waals surface area contributed by atoms with Crippen molar-refractivity contribution in [2.75, 3.05) is 10.6 Å². The molecule has 0 radical (unpaired) electrons. The number of halogens is 2. The summed E-state index contributed by atoms with van der Waals surface area (Å²) in [5.74, 6) is -0.466.